The van der Waals surface area contributed by atoms with E-state index in [4.69, 9.17) is 0 Å². The van der Waals surface area contributed by atoms with Crippen molar-refractivity contribution in [2.45, 2.75) is 31.7 Å². The second-order valence-corrected chi connectivity index (χ2v) is 6.13. The molecule has 0 radical (unpaired) electrons. The van der Waals surface area contributed by atoms with E-state index < -0.39 is 0 Å². The third-order valence-corrected chi connectivity index (χ3v) is 4.80. The lowest BCUT2D eigenvalue weighted by atomic mass is 10.0. The van der Waals surface area contributed by atoms with E-state index >= 15 is 0 Å². The van der Waals surface area contributed by atoms with Gasteiger partial charge in [0.25, 0.3) is 0 Å². The molecule has 2 aromatic rings. The van der Waals surface area contributed by atoms with Gasteiger partial charge in [-0.15, -0.1) is 0 Å². The van der Waals surface area contributed by atoms with Crippen molar-refractivity contribution in [1.82, 2.24) is 5.32 Å². The number of anilines is 2. The first kappa shape index (κ1) is 12.9. The average molecular weight is 278 g/mol. The monoisotopic (exact) mass is 278 g/mol. The summed E-state index contributed by atoms with van der Waals surface area (Å²) in [6.45, 7) is 2.25. The van der Waals surface area contributed by atoms with Crippen molar-refractivity contribution in [3.8, 4) is 0 Å². The molecule has 0 bridgehead atoms. The molecule has 0 amide bonds. The number of hydrogen-bond donors (Lipinski definition) is 1. The SMILES string of the molecule is c1ccc2c(c1)CCc1ccccc1N2C1CCCNC1. The molecule has 0 spiro atoms. The van der Waals surface area contributed by atoms with E-state index in [1.54, 1.807) is 0 Å². The molecule has 1 atom stereocenters. The van der Waals surface area contributed by atoms with E-state index in [9.17, 15) is 0 Å². The Morgan fingerprint density at radius 3 is 2.05 bits per heavy atom. The van der Waals surface area contributed by atoms with E-state index in [2.05, 4.69) is 58.7 Å². The molecular formula is C19H22N2. The number of rotatable bonds is 1. The number of aryl methyl sites for hydroxylation is 2. The minimum absolute atomic E-state index is 0.569. The Bertz CT molecular complexity index is 581. The minimum atomic E-state index is 0.569. The summed E-state index contributed by atoms with van der Waals surface area (Å²) in [6, 6.07) is 18.5. The third-order valence-electron chi connectivity index (χ3n) is 4.80. The topological polar surface area (TPSA) is 15.3 Å². The fraction of sp³-hybridized carbons (Fsp3) is 0.368. The van der Waals surface area contributed by atoms with Gasteiger partial charge < -0.3 is 10.2 Å². The van der Waals surface area contributed by atoms with Crippen LogP contribution < -0.4 is 10.2 Å². The quantitative estimate of drug-likeness (QED) is 0.856. The van der Waals surface area contributed by atoms with Gasteiger partial charge in [-0.3, -0.25) is 0 Å². The maximum Gasteiger partial charge on any atom is 0.0467 e. The molecule has 2 heteroatoms. The molecule has 2 aliphatic heterocycles. The summed E-state index contributed by atoms with van der Waals surface area (Å²) in [5.41, 5.74) is 5.80. The average Bonchev–Trinajstić information content (AvgIpc) is 2.72. The number of fused-ring (bicyclic) bond motifs is 2. The lowest BCUT2D eigenvalue weighted by molar-refractivity contribution is 0.453. The van der Waals surface area contributed by atoms with Crippen LogP contribution in [-0.2, 0) is 12.8 Å². The Labute approximate surface area is 126 Å². The largest absolute Gasteiger partial charge is 0.337 e. The molecule has 2 aromatic carbocycles. The molecule has 0 aromatic heterocycles. The van der Waals surface area contributed by atoms with Crippen LogP contribution in [0.2, 0.25) is 0 Å². The smallest absolute Gasteiger partial charge is 0.0467 e. The number of piperidine rings is 1. The van der Waals surface area contributed by atoms with Crippen LogP contribution in [0, 0.1) is 0 Å². The lowest BCUT2D eigenvalue weighted by Crippen LogP contribution is -2.44. The van der Waals surface area contributed by atoms with Crippen LogP contribution in [0.3, 0.4) is 0 Å². The van der Waals surface area contributed by atoms with E-state index in [-0.39, 0.29) is 0 Å². The number of benzene rings is 2. The second kappa shape index (κ2) is 5.53. The summed E-state index contributed by atoms with van der Waals surface area (Å²) in [4.78, 5) is 2.60. The third kappa shape index (κ3) is 2.34. The van der Waals surface area contributed by atoms with E-state index in [0.29, 0.717) is 6.04 Å². The highest BCUT2D eigenvalue weighted by Crippen LogP contribution is 2.38. The molecule has 21 heavy (non-hydrogen) atoms. The zero-order valence-electron chi connectivity index (χ0n) is 12.4. The van der Waals surface area contributed by atoms with Crippen LogP contribution in [-0.4, -0.2) is 19.1 Å². The van der Waals surface area contributed by atoms with Gasteiger partial charge in [0, 0.05) is 24.0 Å². The van der Waals surface area contributed by atoms with Crippen molar-refractivity contribution in [3.63, 3.8) is 0 Å². The fourth-order valence-corrected chi connectivity index (χ4v) is 3.76. The number of nitrogens with one attached hydrogen (secondary N) is 1. The van der Waals surface area contributed by atoms with E-state index in [1.165, 1.54) is 35.3 Å². The summed E-state index contributed by atoms with van der Waals surface area (Å²) in [6.07, 6.45) is 4.83. The molecule has 2 aliphatic rings. The summed E-state index contributed by atoms with van der Waals surface area (Å²) in [7, 11) is 0. The first-order valence-electron chi connectivity index (χ1n) is 8.09. The van der Waals surface area contributed by atoms with Crippen molar-refractivity contribution in [2.75, 3.05) is 18.0 Å². The minimum Gasteiger partial charge on any atom is -0.337 e. The van der Waals surface area contributed by atoms with E-state index in [0.717, 1.165) is 25.9 Å². The predicted molar refractivity (Wildman–Crippen MR) is 88.3 cm³/mol. The summed E-state index contributed by atoms with van der Waals surface area (Å²) in [5.74, 6) is 0. The zero-order chi connectivity index (χ0) is 14.1. The van der Waals surface area contributed by atoms with Crippen LogP contribution in [0.5, 0.6) is 0 Å². The van der Waals surface area contributed by atoms with Gasteiger partial charge in [-0.05, 0) is 55.5 Å². The number of para-hydroxylation sites is 2. The molecule has 1 fully saturated rings. The Balaban J connectivity index is 1.85. The number of nitrogens with zero attached hydrogens (tertiary/aromatic N) is 1. The van der Waals surface area contributed by atoms with Gasteiger partial charge in [0.2, 0.25) is 0 Å². The van der Waals surface area contributed by atoms with Crippen LogP contribution in [0.1, 0.15) is 24.0 Å². The molecule has 2 heterocycles. The van der Waals surface area contributed by atoms with Gasteiger partial charge in [0.1, 0.15) is 0 Å². The lowest BCUT2D eigenvalue weighted by Gasteiger charge is -2.37. The maximum atomic E-state index is 3.57. The molecule has 4 rings (SSSR count). The Kier molecular flexibility index (Phi) is 3.40. The summed E-state index contributed by atoms with van der Waals surface area (Å²) in [5, 5.41) is 3.57. The molecule has 1 N–H and O–H groups in total. The summed E-state index contributed by atoms with van der Waals surface area (Å²) >= 11 is 0. The second-order valence-electron chi connectivity index (χ2n) is 6.13. The highest BCUT2D eigenvalue weighted by atomic mass is 15.2. The number of hydrogen-bond acceptors (Lipinski definition) is 2. The van der Waals surface area contributed by atoms with Gasteiger partial charge in [-0.1, -0.05) is 36.4 Å². The predicted octanol–water partition coefficient (Wildman–Crippen LogP) is 3.68. The Morgan fingerprint density at radius 2 is 1.48 bits per heavy atom. The molecular weight excluding hydrogens is 256 g/mol. The molecule has 0 aliphatic carbocycles. The van der Waals surface area contributed by atoms with E-state index in [1.807, 2.05) is 0 Å². The highest BCUT2D eigenvalue weighted by molar-refractivity contribution is 5.72. The molecule has 0 saturated carbocycles. The van der Waals surface area contributed by atoms with Gasteiger partial charge in [0.05, 0.1) is 0 Å². The summed E-state index contributed by atoms with van der Waals surface area (Å²) < 4.78 is 0. The highest BCUT2D eigenvalue weighted by Gasteiger charge is 2.27. The van der Waals surface area contributed by atoms with Crippen molar-refractivity contribution in [1.29, 1.82) is 0 Å². The van der Waals surface area contributed by atoms with Crippen molar-refractivity contribution >= 4 is 11.4 Å². The standard InChI is InChI=1S/C19H22N2/c1-3-9-18-15(6-1)11-12-16-7-2-4-10-19(16)21(18)17-8-5-13-20-14-17/h1-4,6-7,9-10,17,20H,5,8,11-14H2. The molecule has 1 unspecified atom stereocenters. The van der Waals surface area contributed by atoms with Crippen molar-refractivity contribution in [2.24, 2.45) is 0 Å². The van der Waals surface area contributed by atoms with Crippen molar-refractivity contribution in [3.05, 3.63) is 59.7 Å². The van der Waals surface area contributed by atoms with Gasteiger partial charge >= 0.3 is 0 Å². The Morgan fingerprint density at radius 1 is 0.857 bits per heavy atom. The first-order chi connectivity index (χ1) is 10.4. The van der Waals surface area contributed by atoms with Gasteiger partial charge in [-0.25, -0.2) is 0 Å². The molecule has 108 valence electrons. The fourth-order valence-electron chi connectivity index (χ4n) is 3.76. The normalized spacial score (nSPS) is 21.3. The zero-order valence-corrected chi connectivity index (χ0v) is 12.4. The first-order valence-corrected chi connectivity index (χ1v) is 8.09. The maximum absolute atomic E-state index is 3.57. The van der Waals surface area contributed by atoms with Crippen LogP contribution in [0.4, 0.5) is 11.4 Å². The molecule has 2 nitrogen and oxygen atoms in total. The van der Waals surface area contributed by atoms with Gasteiger partial charge in [0.15, 0.2) is 0 Å². The van der Waals surface area contributed by atoms with Crippen LogP contribution in [0.15, 0.2) is 48.5 Å². The van der Waals surface area contributed by atoms with Crippen LogP contribution in [0.25, 0.3) is 0 Å². The van der Waals surface area contributed by atoms with Crippen LogP contribution >= 0.6 is 0 Å². The Hall–Kier alpha value is -1.80. The molecule has 1 saturated heterocycles. The van der Waals surface area contributed by atoms with Gasteiger partial charge in [-0.2, -0.15) is 0 Å². The van der Waals surface area contributed by atoms with Crippen molar-refractivity contribution < 1.29 is 0 Å².